The minimum atomic E-state index is -0.203. The Kier molecular flexibility index (Phi) is 6.92. The Hall–Kier alpha value is -3.01. The molecule has 0 spiro atoms. The van der Waals surface area contributed by atoms with Gasteiger partial charge in [0.15, 0.2) is 5.16 Å². The fraction of sp³-hybridized carbons (Fsp3) is 0.478. The lowest BCUT2D eigenvalue weighted by Crippen LogP contribution is -2.31. The summed E-state index contributed by atoms with van der Waals surface area (Å²) in [5.74, 6) is 1.78. The van der Waals surface area contributed by atoms with Crippen LogP contribution in [0.15, 0.2) is 40.0 Å². The minimum Gasteiger partial charge on any atom is -0.495 e. The highest BCUT2D eigenvalue weighted by molar-refractivity contribution is 7.99. The molecule has 3 heterocycles. The lowest BCUT2D eigenvalue weighted by molar-refractivity contribution is -0.113. The zero-order valence-electron chi connectivity index (χ0n) is 19.5. The lowest BCUT2D eigenvalue weighted by Gasteiger charge is -2.28. The number of amides is 1. The molecule has 0 bridgehead atoms. The van der Waals surface area contributed by atoms with E-state index in [9.17, 15) is 4.79 Å². The monoisotopic (exact) mass is 470 g/mol. The molecule has 1 aliphatic heterocycles. The number of carbonyl (C=O) groups excluding carboxylic acids is 1. The Morgan fingerprint density at radius 1 is 1.18 bits per heavy atom. The summed E-state index contributed by atoms with van der Waals surface area (Å²) in [7, 11) is 1.65. The second-order valence-corrected chi connectivity index (χ2v) is 9.94. The van der Waals surface area contributed by atoms with Gasteiger partial charge in [-0.25, -0.2) is 0 Å². The van der Waals surface area contributed by atoms with Crippen molar-refractivity contribution in [2.24, 2.45) is 0 Å². The Labute approximate surface area is 197 Å². The number of nitrogens with one attached hydrogen (secondary N) is 1. The Morgan fingerprint density at radius 2 is 1.94 bits per heavy atom. The van der Waals surface area contributed by atoms with E-state index in [2.05, 4.69) is 25.6 Å². The summed E-state index contributed by atoms with van der Waals surface area (Å²) < 4.78 is 12.9. The average molecular weight is 471 g/mol. The van der Waals surface area contributed by atoms with Gasteiger partial charge in [0.2, 0.25) is 17.7 Å². The minimum absolute atomic E-state index is 0.152. The van der Waals surface area contributed by atoms with Crippen molar-refractivity contribution in [1.29, 1.82) is 0 Å². The summed E-state index contributed by atoms with van der Waals surface area (Å²) in [6, 6.07) is 9.52. The van der Waals surface area contributed by atoms with Gasteiger partial charge in [0, 0.05) is 24.6 Å². The largest absolute Gasteiger partial charge is 0.495 e. The molecule has 1 aliphatic rings. The number of aromatic nitrogens is 4. The van der Waals surface area contributed by atoms with Crippen LogP contribution < -0.4 is 15.0 Å². The molecule has 0 atom stereocenters. The van der Waals surface area contributed by atoms with Gasteiger partial charge in [-0.2, -0.15) is 0 Å². The fourth-order valence-corrected chi connectivity index (χ4v) is 4.41. The van der Waals surface area contributed by atoms with Crippen LogP contribution in [0.1, 0.15) is 45.7 Å². The highest BCUT2D eigenvalue weighted by Gasteiger charge is 2.24. The van der Waals surface area contributed by atoms with E-state index in [4.69, 9.17) is 9.26 Å². The molecule has 10 heteroatoms. The van der Waals surface area contributed by atoms with E-state index in [0.29, 0.717) is 11.0 Å². The predicted molar refractivity (Wildman–Crippen MR) is 129 cm³/mol. The third kappa shape index (κ3) is 5.32. The van der Waals surface area contributed by atoms with Crippen molar-refractivity contribution in [3.8, 4) is 11.4 Å². The van der Waals surface area contributed by atoms with Gasteiger partial charge in [-0.15, -0.1) is 10.2 Å². The molecule has 9 nitrogen and oxygen atoms in total. The number of thioether (sulfide) groups is 1. The number of rotatable bonds is 7. The predicted octanol–water partition coefficient (Wildman–Crippen LogP) is 4.28. The van der Waals surface area contributed by atoms with Crippen molar-refractivity contribution in [2.45, 2.75) is 50.6 Å². The molecule has 1 N–H and O–H groups in total. The number of benzene rings is 1. The third-order valence-electron chi connectivity index (χ3n) is 5.45. The number of anilines is 2. The number of piperidine rings is 1. The number of hydrogen-bond donors (Lipinski definition) is 1. The Bertz CT molecular complexity index is 1100. The van der Waals surface area contributed by atoms with Crippen LogP contribution in [0.5, 0.6) is 5.75 Å². The van der Waals surface area contributed by atoms with Crippen LogP contribution in [-0.2, 0) is 10.2 Å². The SMILES string of the molecule is COc1ccccc1-n1c(SCC(=O)Nc2cc(C(C)(C)C)no2)nnc1N1CCCCC1. The van der Waals surface area contributed by atoms with Gasteiger partial charge in [0.25, 0.3) is 0 Å². The first-order valence-corrected chi connectivity index (χ1v) is 12.1. The number of carbonyl (C=O) groups is 1. The van der Waals surface area contributed by atoms with E-state index in [1.54, 1.807) is 13.2 Å². The summed E-state index contributed by atoms with van der Waals surface area (Å²) in [5.41, 5.74) is 1.48. The maximum absolute atomic E-state index is 12.6. The molecule has 4 rings (SSSR count). The second kappa shape index (κ2) is 9.86. The molecule has 1 saturated heterocycles. The second-order valence-electron chi connectivity index (χ2n) is 9.00. The van der Waals surface area contributed by atoms with Gasteiger partial charge >= 0.3 is 0 Å². The molecule has 0 saturated carbocycles. The molecule has 0 radical (unpaired) electrons. The molecule has 33 heavy (non-hydrogen) atoms. The van der Waals surface area contributed by atoms with E-state index in [1.165, 1.54) is 18.2 Å². The maximum atomic E-state index is 12.6. The summed E-state index contributed by atoms with van der Waals surface area (Å²) >= 11 is 1.32. The first-order chi connectivity index (χ1) is 15.9. The molecular weight excluding hydrogens is 440 g/mol. The van der Waals surface area contributed by atoms with Crippen molar-refractivity contribution >= 4 is 29.5 Å². The quantitative estimate of drug-likeness (QED) is 0.511. The summed E-state index contributed by atoms with van der Waals surface area (Å²) in [5, 5.41) is 16.4. The van der Waals surface area contributed by atoms with Crippen LogP contribution in [0.3, 0.4) is 0 Å². The Morgan fingerprint density at radius 3 is 2.64 bits per heavy atom. The van der Waals surface area contributed by atoms with Crippen molar-refractivity contribution in [1.82, 2.24) is 19.9 Å². The van der Waals surface area contributed by atoms with Gasteiger partial charge in [-0.3, -0.25) is 14.7 Å². The highest BCUT2D eigenvalue weighted by Crippen LogP contribution is 2.33. The van der Waals surface area contributed by atoms with Crippen LogP contribution in [0.4, 0.5) is 11.8 Å². The van der Waals surface area contributed by atoms with E-state index in [1.807, 2.05) is 49.6 Å². The average Bonchev–Trinajstić information content (AvgIpc) is 3.45. The van der Waals surface area contributed by atoms with Gasteiger partial charge in [0.1, 0.15) is 5.75 Å². The zero-order chi connectivity index (χ0) is 23.4. The summed E-state index contributed by atoms with van der Waals surface area (Å²) in [6.45, 7) is 7.98. The Balaban J connectivity index is 1.54. The summed E-state index contributed by atoms with van der Waals surface area (Å²) in [4.78, 5) is 14.9. The van der Waals surface area contributed by atoms with Crippen molar-refractivity contribution in [3.05, 3.63) is 36.0 Å². The first-order valence-electron chi connectivity index (χ1n) is 11.1. The van der Waals surface area contributed by atoms with Crippen LogP contribution in [-0.4, -0.2) is 51.8 Å². The first kappa shape index (κ1) is 23.2. The van der Waals surface area contributed by atoms with E-state index >= 15 is 0 Å². The van der Waals surface area contributed by atoms with Crippen molar-refractivity contribution < 1.29 is 14.1 Å². The van der Waals surface area contributed by atoms with Crippen molar-refractivity contribution in [3.63, 3.8) is 0 Å². The number of para-hydroxylation sites is 2. The van der Waals surface area contributed by atoms with Gasteiger partial charge in [0.05, 0.1) is 24.2 Å². The molecule has 0 aliphatic carbocycles. The number of hydrogen-bond acceptors (Lipinski definition) is 8. The van der Waals surface area contributed by atoms with E-state index in [0.717, 1.165) is 49.0 Å². The molecule has 1 fully saturated rings. The van der Waals surface area contributed by atoms with Gasteiger partial charge < -0.3 is 14.2 Å². The molecule has 1 aromatic carbocycles. The van der Waals surface area contributed by atoms with E-state index in [-0.39, 0.29) is 17.1 Å². The fourth-order valence-electron chi connectivity index (χ4n) is 3.67. The number of ether oxygens (including phenoxy) is 1. The third-order valence-corrected chi connectivity index (χ3v) is 6.38. The topological polar surface area (TPSA) is 98.3 Å². The number of methoxy groups -OCH3 is 1. The molecular formula is C23H30N6O3S. The number of nitrogens with zero attached hydrogens (tertiary/aromatic N) is 5. The van der Waals surface area contributed by atoms with Crippen LogP contribution >= 0.6 is 11.8 Å². The molecule has 0 unspecified atom stereocenters. The lowest BCUT2D eigenvalue weighted by atomic mass is 9.92. The molecule has 176 valence electrons. The van der Waals surface area contributed by atoms with Gasteiger partial charge in [-0.05, 0) is 31.4 Å². The van der Waals surface area contributed by atoms with Gasteiger partial charge in [-0.1, -0.05) is 49.8 Å². The zero-order valence-corrected chi connectivity index (χ0v) is 20.3. The normalized spacial score (nSPS) is 14.4. The maximum Gasteiger partial charge on any atom is 0.237 e. The standard InChI is InChI=1S/C23H30N6O3S/c1-23(2,3)18-14-20(32-27-18)24-19(30)15-33-22-26-25-21(28-12-8-5-9-13-28)29(22)16-10-6-7-11-17(16)31-4/h6-7,10-11,14H,5,8-9,12-13,15H2,1-4H3,(H,24,30). The van der Waals surface area contributed by atoms with Crippen LogP contribution in [0.25, 0.3) is 5.69 Å². The summed E-state index contributed by atoms with van der Waals surface area (Å²) in [6.07, 6.45) is 3.47. The highest BCUT2D eigenvalue weighted by atomic mass is 32.2. The smallest absolute Gasteiger partial charge is 0.237 e. The van der Waals surface area contributed by atoms with Crippen molar-refractivity contribution in [2.75, 3.05) is 36.2 Å². The molecule has 1 amide bonds. The van der Waals surface area contributed by atoms with Crippen LogP contribution in [0.2, 0.25) is 0 Å². The molecule has 2 aromatic heterocycles. The van der Waals surface area contributed by atoms with Crippen LogP contribution in [0, 0.1) is 0 Å². The molecule has 3 aromatic rings. The van der Waals surface area contributed by atoms with E-state index < -0.39 is 0 Å².